The van der Waals surface area contributed by atoms with Crippen LogP contribution in [0.15, 0.2) is 35.3 Å². The molecule has 0 amide bonds. The largest absolute Gasteiger partial charge is 0.504 e. The Morgan fingerprint density at radius 1 is 1.15 bits per heavy atom. The van der Waals surface area contributed by atoms with Crippen LogP contribution in [0.3, 0.4) is 0 Å². The number of rotatable bonds is 8. The van der Waals surface area contributed by atoms with Crippen molar-refractivity contribution in [2.45, 2.75) is 33.2 Å². The third-order valence-corrected chi connectivity index (χ3v) is 4.97. The fraction of sp³-hybridized carbons (Fsp3) is 0.421. The van der Waals surface area contributed by atoms with Gasteiger partial charge in [-0.25, -0.2) is 4.99 Å². The molecule has 1 aromatic heterocycles. The van der Waals surface area contributed by atoms with Gasteiger partial charge in [0.15, 0.2) is 17.5 Å². The van der Waals surface area contributed by atoms with Crippen molar-refractivity contribution in [3.63, 3.8) is 0 Å². The van der Waals surface area contributed by atoms with Gasteiger partial charge in [0.2, 0.25) is 0 Å². The molecule has 0 unspecified atom stereocenters. The predicted octanol–water partition coefficient (Wildman–Crippen LogP) is 3.94. The highest BCUT2D eigenvalue weighted by Crippen LogP contribution is 2.26. The van der Waals surface area contributed by atoms with Crippen molar-refractivity contribution < 1.29 is 9.84 Å². The molecule has 2 rings (SSSR count). The standard InChI is InChI=1S/C19H27N3O2S.HI/c1-4-15-7-8-16(25-15)13-22-19(20-5-2)21-11-10-14-6-9-17(23)18(12-14)24-3;/h6-9,12,23H,4-5,10-11,13H2,1-3H3,(H2,20,21,22);1H. The van der Waals surface area contributed by atoms with Gasteiger partial charge >= 0.3 is 0 Å². The third-order valence-electron chi connectivity index (χ3n) is 3.75. The van der Waals surface area contributed by atoms with Crippen LogP contribution < -0.4 is 15.4 Å². The van der Waals surface area contributed by atoms with Crippen molar-refractivity contribution >= 4 is 41.3 Å². The van der Waals surface area contributed by atoms with E-state index in [0.29, 0.717) is 12.3 Å². The van der Waals surface area contributed by atoms with Crippen LogP contribution in [0.1, 0.15) is 29.2 Å². The molecule has 0 saturated heterocycles. The van der Waals surface area contributed by atoms with Crippen LogP contribution in [-0.4, -0.2) is 31.3 Å². The zero-order valence-corrected chi connectivity index (χ0v) is 18.7. The molecule has 0 aliphatic carbocycles. The Kier molecular flexibility index (Phi) is 10.4. The SMILES string of the molecule is CCNC(=NCc1ccc(CC)s1)NCCc1ccc(O)c(OC)c1.I. The van der Waals surface area contributed by atoms with Gasteiger partial charge in [-0.3, -0.25) is 0 Å². The summed E-state index contributed by atoms with van der Waals surface area (Å²) in [5, 5.41) is 16.3. The molecule has 0 radical (unpaired) electrons. The molecule has 0 bridgehead atoms. The lowest BCUT2D eigenvalue weighted by Crippen LogP contribution is -2.38. The lowest BCUT2D eigenvalue weighted by atomic mass is 10.1. The first kappa shape index (κ1) is 22.6. The molecular weight excluding hydrogens is 461 g/mol. The van der Waals surface area contributed by atoms with Gasteiger partial charge < -0.3 is 20.5 Å². The molecule has 7 heteroatoms. The maximum absolute atomic E-state index is 9.65. The number of phenolic OH excluding ortho intramolecular Hbond substituents is 1. The van der Waals surface area contributed by atoms with Crippen LogP contribution >= 0.6 is 35.3 Å². The average Bonchev–Trinajstić information content (AvgIpc) is 3.09. The quantitative estimate of drug-likeness (QED) is 0.299. The number of aryl methyl sites for hydroxylation is 1. The Bertz CT molecular complexity index is 704. The van der Waals surface area contributed by atoms with Gasteiger partial charge in [-0.2, -0.15) is 0 Å². The number of ether oxygens (including phenoxy) is 1. The molecule has 144 valence electrons. The summed E-state index contributed by atoms with van der Waals surface area (Å²) in [5.74, 6) is 1.48. The Morgan fingerprint density at radius 2 is 1.92 bits per heavy atom. The predicted molar refractivity (Wildman–Crippen MR) is 120 cm³/mol. The van der Waals surface area contributed by atoms with Gasteiger partial charge in [0.25, 0.3) is 0 Å². The second-order valence-electron chi connectivity index (χ2n) is 5.60. The number of thiophene rings is 1. The maximum Gasteiger partial charge on any atom is 0.191 e. The van der Waals surface area contributed by atoms with Gasteiger partial charge in [-0.15, -0.1) is 35.3 Å². The van der Waals surface area contributed by atoms with E-state index >= 15 is 0 Å². The van der Waals surface area contributed by atoms with Gasteiger partial charge in [0.1, 0.15) is 0 Å². The molecular formula is C19H28IN3O2S. The Labute approximate surface area is 176 Å². The molecule has 0 aliphatic rings. The minimum atomic E-state index is 0. The summed E-state index contributed by atoms with van der Waals surface area (Å²) in [7, 11) is 1.56. The topological polar surface area (TPSA) is 65.9 Å². The number of guanidine groups is 1. The molecule has 0 aliphatic heterocycles. The number of phenols is 1. The molecule has 0 atom stereocenters. The van der Waals surface area contributed by atoms with Gasteiger partial charge in [-0.1, -0.05) is 13.0 Å². The normalized spacial score (nSPS) is 11.0. The number of aromatic hydroxyl groups is 1. The summed E-state index contributed by atoms with van der Waals surface area (Å²) in [5.41, 5.74) is 1.10. The monoisotopic (exact) mass is 489 g/mol. The summed E-state index contributed by atoms with van der Waals surface area (Å²) in [6.07, 6.45) is 1.89. The van der Waals surface area contributed by atoms with Crippen molar-refractivity contribution in [2.75, 3.05) is 20.2 Å². The number of nitrogens with one attached hydrogen (secondary N) is 2. The minimum absolute atomic E-state index is 0. The summed E-state index contributed by atoms with van der Waals surface area (Å²) < 4.78 is 5.15. The number of aliphatic imine (C=N–C) groups is 1. The highest BCUT2D eigenvalue weighted by Gasteiger charge is 2.04. The van der Waals surface area contributed by atoms with Gasteiger partial charge in [-0.05, 0) is 49.6 Å². The molecule has 1 heterocycles. The van der Waals surface area contributed by atoms with E-state index in [2.05, 4.69) is 41.6 Å². The summed E-state index contributed by atoms with van der Waals surface area (Å²) in [6.45, 7) is 6.49. The van der Waals surface area contributed by atoms with Crippen LogP contribution in [0, 0.1) is 0 Å². The van der Waals surface area contributed by atoms with Crippen molar-refractivity contribution in [1.82, 2.24) is 10.6 Å². The molecule has 0 spiro atoms. The maximum atomic E-state index is 9.65. The molecule has 1 aromatic carbocycles. The number of benzene rings is 1. The molecule has 0 saturated carbocycles. The van der Waals surface area contributed by atoms with Crippen molar-refractivity contribution in [3.05, 3.63) is 45.6 Å². The van der Waals surface area contributed by atoms with Gasteiger partial charge in [0.05, 0.1) is 13.7 Å². The molecule has 2 aromatic rings. The van der Waals surface area contributed by atoms with Crippen molar-refractivity contribution in [2.24, 2.45) is 4.99 Å². The molecule has 0 fully saturated rings. The van der Waals surface area contributed by atoms with E-state index in [1.807, 2.05) is 23.5 Å². The highest BCUT2D eigenvalue weighted by molar-refractivity contribution is 14.0. The zero-order valence-electron chi connectivity index (χ0n) is 15.5. The first-order chi connectivity index (χ1) is 12.2. The zero-order chi connectivity index (χ0) is 18.1. The summed E-state index contributed by atoms with van der Waals surface area (Å²) in [4.78, 5) is 7.32. The molecule has 3 N–H and O–H groups in total. The fourth-order valence-corrected chi connectivity index (χ4v) is 3.28. The van der Waals surface area contributed by atoms with E-state index in [0.717, 1.165) is 37.5 Å². The average molecular weight is 489 g/mol. The lowest BCUT2D eigenvalue weighted by Gasteiger charge is -2.12. The second kappa shape index (κ2) is 12.0. The van der Waals surface area contributed by atoms with E-state index < -0.39 is 0 Å². The highest BCUT2D eigenvalue weighted by atomic mass is 127. The fourth-order valence-electron chi connectivity index (χ4n) is 2.40. The van der Waals surface area contributed by atoms with Crippen molar-refractivity contribution in [3.8, 4) is 11.5 Å². The van der Waals surface area contributed by atoms with E-state index in [9.17, 15) is 5.11 Å². The third kappa shape index (κ3) is 7.03. The van der Waals surface area contributed by atoms with Crippen molar-refractivity contribution in [1.29, 1.82) is 0 Å². The van der Waals surface area contributed by atoms with E-state index in [4.69, 9.17) is 4.74 Å². The summed E-state index contributed by atoms with van der Waals surface area (Å²) >= 11 is 1.82. The van der Waals surface area contributed by atoms with Crippen LogP contribution in [0.2, 0.25) is 0 Å². The molecule has 5 nitrogen and oxygen atoms in total. The Balaban J connectivity index is 0.00000338. The number of hydrogen-bond acceptors (Lipinski definition) is 4. The van der Waals surface area contributed by atoms with E-state index in [1.165, 1.54) is 9.75 Å². The minimum Gasteiger partial charge on any atom is -0.504 e. The van der Waals surface area contributed by atoms with Crippen LogP contribution in [0.4, 0.5) is 0 Å². The number of halogens is 1. The number of hydrogen-bond donors (Lipinski definition) is 3. The van der Waals surface area contributed by atoms with E-state index in [-0.39, 0.29) is 29.7 Å². The lowest BCUT2D eigenvalue weighted by molar-refractivity contribution is 0.373. The number of nitrogens with zero attached hydrogens (tertiary/aromatic N) is 1. The Hall–Kier alpha value is -1.48. The number of methoxy groups -OCH3 is 1. The molecule has 26 heavy (non-hydrogen) atoms. The summed E-state index contributed by atoms with van der Waals surface area (Å²) in [6, 6.07) is 9.75. The Morgan fingerprint density at radius 3 is 2.58 bits per heavy atom. The van der Waals surface area contributed by atoms with Crippen LogP contribution in [0.5, 0.6) is 11.5 Å². The van der Waals surface area contributed by atoms with E-state index in [1.54, 1.807) is 13.2 Å². The van der Waals surface area contributed by atoms with Crippen LogP contribution in [0.25, 0.3) is 0 Å². The first-order valence-electron chi connectivity index (χ1n) is 8.61. The first-order valence-corrected chi connectivity index (χ1v) is 9.43. The smallest absolute Gasteiger partial charge is 0.191 e. The second-order valence-corrected chi connectivity index (χ2v) is 6.85. The van der Waals surface area contributed by atoms with Crippen LogP contribution in [-0.2, 0) is 19.4 Å². The van der Waals surface area contributed by atoms with Gasteiger partial charge in [0, 0.05) is 22.8 Å².